The van der Waals surface area contributed by atoms with E-state index in [0.29, 0.717) is 17.0 Å². The molecule has 0 radical (unpaired) electrons. The Morgan fingerprint density at radius 1 is 0.917 bits per heavy atom. The molecule has 0 fully saturated rings. The zero-order valence-corrected chi connectivity index (χ0v) is 18.9. The van der Waals surface area contributed by atoms with Crippen LogP contribution in [0, 0.1) is 28.8 Å². The third kappa shape index (κ3) is 4.78. The molecule has 4 rings (SSSR count). The largest absolute Gasteiger partial charge is 0.495 e. The third-order valence-electron chi connectivity index (χ3n) is 5.04. The minimum atomic E-state index is -0.980. The molecule has 182 valence electrons. The number of carbonyl (C=O) groups excluding carboxylic acids is 1. The van der Waals surface area contributed by atoms with Crippen molar-refractivity contribution >= 4 is 28.3 Å². The smallest absolute Gasteiger partial charge is 0.323 e. The molecule has 1 heterocycles. The fourth-order valence-electron chi connectivity index (χ4n) is 3.44. The van der Waals surface area contributed by atoms with Gasteiger partial charge in [0.1, 0.15) is 46.3 Å². The van der Waals surface area contributed by atoms with E-state index in [1.54, 1.807) is 6.07 Å². The second-order valence-electron chi connectivity index (χ2n) is 7.25. The minimum Gasteiger partial charge on any atom is -0.495 e. The first-order valence-electron chi connectivity index (χ1n) is 10.3. The van der Waals surface area contributed by atoms with Crippen molar-refractivity contribution in [1.29, 1.82) is 5.26 Å². The number of ether oxygens (including phenoxy) is 3. The predicted octanol–water partition coefficient (Wildman–Crippen LogP) is 5.98. The summed E-state index contributed by atoms with van der Waals surface area (Å²) < 4.78 is 58.0. The van der Waals surface area contributed by atoms with Crippen molar-refractivity contribution in [3.8, 4) is 29.1 Å². The van der Waals surface area contributed by atoms with Gasteiger partial charge < -0.3 is 24.8 Å². The van der Waals surface area contributed by atoms with Gasteiger partial charge >= 0.3 is 6.03 Å². The number of aromatic nitrogens is 1. The molecule has 2 N–H and O–H groups in total. The maximum atomic E-state index is 14.7. The van der Waals surface area contributed by atoms with Crippen LogP contribution in [0.3, 0.4) is 0 Å². The lowest BCUT2D eigenvalue weighted by Gasteiger charge is -2.15. The first kappa shape index (κ1) is 24.2. The van der Waals surface area contributed by atoms with E-state index in [4.69, 9.17) is 14.2 Å². The lowest BCUT2D eigenvalue weighted by Crippen LogP contribution is -2.20. The first-order chi connectivity index (χ1) is 17.3. The molecule has 3 aromatic carbocycles. The highest BCUT2D eigenvalue weighted by atomic mass is 19.1. The molecule has 0 spiro atoms. The second-order valence-corrected chi connectivity index (χ2v) is 7.25. The Hall–Kier alpha value is -4.98. The number of hydrogen-bond donors (Lipinski definition) is 2. The molecule has 36 heavy (non-hydrogen) atoms. The number of methoxy groups -OCH3 is 2. The van der Waals surface area contributed by atoms with Gasteiger partial charge in [-0.25, -0.2) is 18.0 Å². The van der Waals surface area contributed by atoms with E-state index in [-0.39, 0.29) is 39.9 Å². The number of hydrogen-bond acceptors (Lipinski definition) is 6. The first-order valence-corrected chi connectivity index (χ1v) is 10.3. The normalized spacial score (nSPS) is 10.4. The summed E-state index contributed by atoms with van der Waals surface area (Å²) in [6, 6.07) is 10.5. The van der Waals surface area contributed by atoms with Gasteiger partial charge in [0.05, 0.1) is 36.5 Å². The van der Waals surface area contributed by atoms with Crippen molar-refractivity contribution in [3.63, 3.8) is 0 Å². The van der Waals surface area contributed by atoms with E-state index >= 15 is 0 Å². The summed E-state index contributed by atoms with van der Waals surface area (Å²) in [5, 5.41) is 14.4. The molecule has 11 heteroatoms. The Kier molecular flexibility index (Phi) is 6.78. The second kappa shape index (κ2) is 10.1. The summed E-state index contributed by atoms with van der Waals surface area (Å²) in [5.41, 5.74) is 0.0699. The van der Waals surface area contributed by atoms with Crippen molar-refractivity contribution in [2.45, 2.75) is 0 Å². The van der Waals surface area contributed by atoms with E-state index in [2.05, 4.69) is 15.6 Å². The van der Waals surface area contributed by atoms with Crippen LogP contribution in [0.4, 0.5) is 29.3 Å². The van der Waals surface area contributed by atoms with Crippen LogP contribution in [0.1, 0.15) is 5.56 Å². The SMILES string of the molecule is COc1cc2nccc(Oc3ccc(NC(=O)Nc4ccc(F)cc4F)c(F)c3)c2c(OC)c1C#N. The number of nitrogens with zero attached hydrogens (tertiary/aromatic N) is 2. The molecule has 0 bridgehead atoms. The van der Waals surface area contributed by atoms with E-state index in [0.717, 1.165) is 18.2 Å². The summed E-state index contributed by atoms with van der Waals surface area (Å²) in [5.74, 6) is -1.86. The van der Waals surface area contributed by atoms with Gasteiger partial charge in [0.15, 0.2) is 5.75 Å². The minimum absolute atomic E-state index is 0.0758. The standard InChI is InChI=1S/C25H17F3N4O4/c1-34-22-11-20-23(24(35-2)15(22)12-29)21(7-8-30-20)36-14-4-6-19(17(28)10-14)32-25(33)31-18-5-3-13(26)9-16(18)27/h3-11H,1-2H3,(H2,31,32,33). The molecule has 4 aromatic rings. The lowest BCUT2D eigenvalue weighted by molar-refractivity contribution is 0.262. The molecule has 8 nitrogen and oxygen atoms in total. The van der Waals surface area contributed by atoms with Crippen LogP contribution in [0.25, 0.3) is 10.9 Å². The van der Waals surface area contributed by atoms with Crippen molar-refractivity contribution < 1.29 is 32.2 Å². The van der Waals surface area contributed by atoms with Gasteiger partial charge in [-0.1, -0.05) is 0 Å². The third-order valence-corrected chi connectivity index (χ3v) is 5.04. The van der Waals surface area contributed by atoms with E-state index in [9.17, 15) is 23.2 Å². The van der Waals surface area contributed by atoms with E-state index < -0.39 is 23.5 Å². The number of urea groups is 1. The Balaban J connectivity index is 1.59. The van der Waals surface area contributed by atoms with Crippen LogP contribution < -0.4 is 24.8 Å². The van der Waals surface area contributed by atoms with E-state index in [1.165, 1.54) is 38.6 Å². The quantitative estimate of drug-likeness (QED) is 0.342. The van der Waals surface area contributed by atoms with Gasteiger partial charge in [0.2, 0.25) is 0 Å². The zero-order valence-electron chi connectivity index (χ0n) is 18.9. The van der Waals surface area contributed by atoms with Crippen LogP contribution >= 0.6 is 0 Å². The van der Waals surface area contributed by atoms with Crippen LogP contribution in [-0.2, 0) is 0 Å². The molecular weight excluding hydrogens is 477 g/mol. The molecule has 0 unspecified atom stereocenters. The maximum Gasteiger partial charge on any atom is 0.323 e. The van der Waals surface area contributed by atoms with Gasteiger partial charge in [0.25, 0.3) is 0 Å². The number of carbonyl (C=O) groups is 1. The Labute approximate surface area is 202 Å². The summed E-state index contributed by atoms with van der Waals surface area (Å²) >= 11 is 0. The van der Waals surface area contributed by atoms with Crippen LogP contribution in [0.2, 0.25) is 0 Å². The van der Waals surface area contributed by atoms with Crippen molar-refractivity contribution in [1.82, 2.24) is 4.98 Å². The monoisotopic (exact) mass is 494 g/mol. The number of halogens is 3. The van der Waals surface area contributed by atoms with Gasteiger partial charge in [-0.3, -0.25) is 4.98 Å². The number of benzene rings is 3. The number of pyridine rings is 1. The van der Waals surface area contributed by atoms with E-state index in [1.807, 2.05) is 6.07 Å². The number of rotatable bonds is 6. The molecule has 0 saturated heterocycles. The van der Waals surface area contributed by atoms with Crippen molar-refractivity contribution in [2.75, 3.05) is 24.9 Å². The molecule has 0 atom stereocenters. The summed E-state index contributed by atoms with van der Waals surface area (Å²) in [6.45, 7) is 0. The number of anilines is 2. The highest BCUT2D eigenvalue weighted by Gasteiger charge is 2.20. The summed E-state index contributed by atoms with van der Waals surface area (Å²) in [4.78, 5) is 16.4. The molecule has 0 aliphatic heterocycles. The molecule has 0 aliphatic rings. The fourth-order valence-corrected chi connectivity index (χ4v) is 3.44. The van der Waals surface area contributed by atoms with Crippen molar-refractivity contribution in [2.24, 2.45) is 0 Å². The molecule has 0 saturated carbocycles. The summed E-state index contributed by atoms with van der Waals surface area (Å²) in [6.07, 6.45) is 1.47. The van der Waals surface area contributed by atoms with Gasteiger partial charge in [-0.05, 0) is 30.3 Å². The van der Waals surface area contributed by atoms with Crippen LogP contribution in [0.5, 0.6) is 23.0 Å². The highest BCUT2D eigenvalue weighted by molar-refractivity contribution is 6.00. The molecule has 0 aliphatic carbocycles. The van der Waals surface area contributed by atoms with Crippen LogP contribution in [0.15, 0.2) is 54.7 Å². The van der Waals surface area contributed by atoms with Gasteiger partial charge in [-0.2, -0.15) is 5.26 Å². The average Bonchev–Trinajstić information content (AvgIpc) is 2.86. The molecular formula is C25H17F3N4O4. The fraction of sp³-hybridized carbons (Fsp3) is 0.0800. The lowest BCUT2D eigenvalue weighted by atomic mass is 10.1. The van der Waals surface area contributed by atoms with Crippen molar-refractivity contribution in [3.05, 3.63) is 77.7 Å². The van der Waals surface area contributed by atoms with Gasteiger partial charge in [-0.15, -0.1) is 0 Å². The van der Waals surface area contributed by atoms with Gasteiger partial charge in [0, 0.05) is 24.4 Å². The zero-order chi connectivity index (χ0) is 25.8. The Morgan fingerprint density at radius 3 is 2.22 bits per heavy atom. The Morgan fingerprint density at radius 2 is 1.61 bits per heavy atom. The topological polar surface area (TPSA) is 106 Å². The van der Waals surface area contributed by atoms with Crippen LogP contribution in [-0.4, -0.2) is 25.2 Å². The predicted molar refractivity (Wildman–Crippen MR) is 125 cm³/mol. The molecule has 2 amide bonds. The number of amides is 2. The highest BCUT2D eigenvalue weighted by Crippen LogP contribution is 2.41. The molecule has 1 aromatic heterocycles. The Bertz CT molecular complexity index is 1520. The average molecular weight is 494 g/mol. The number of fused-ring (bicyclic) bond motifs is 1. The summed E-state index contributed by atoms with van der Waals surface area (Å²) in [7, 11) is 2.80. The number of nitriles is 1. The maximum absolute atomic E-state index is 14.7. The number of nitrogens with one attached hydrogen (secondary N) is 2.